The molecule has 35 heavy (non-hydrogen) atoms. The first-order valence-corrected chi connectivity index (χ1v) is 13.0. The van der Waals surface area contributed by atoms with Crippen LogP contribution < -0.4 is 4.74 Å². The molecule has 6 rings (SSSR count). The average molecular weight is 501 g/mol. The molecule has 2 aromatic rings. The van der Waals surface area contributed by atoms with Crippen molar-refractivity contribution in [1.29, 1.82) is 0 Å². The van der Waals surface area contributed by atoms with Crippen LogP contribution in [0.3, 0.4) is 0 Å². The molecule has 1 amide bonds. The predicted molar refractivity (Wildman–Crippen MR) is 136 cm³/mol. The fraction of sp³-hybridized carbons (Fsp3) is 0.536. The number of amides is 1. The van der Waals surface area contributed by atoms with Gasteiger partial charge in [-0.2, -0.15) is 0 Å². The van der Waals surface area contributed by atoms with Gasteiger partial charge < -0.3 is 14.7 Å². The molecule has 0 aromatic heterocycles. The second-order valence-corrected chi connectivity index (χ2v) is 11.7. The smallest absolute Gasteiger partial charge is 0.408 e. The van der Waals surface area contributed by atoms with Gasteiger partial charge in [-0.1, -0.05) is 31.5 Å². The van der Waals surface area contributed by atoms with Gasteiger partial charge in [0.05, 0.1) is 23.2 Å². The minimum Gasteiger partial charge on any atom is -0.489 e. The number of carboxylic acid groups (broad SMARTS) is 1. The zero-order chi connectivity index (χ0) is 25.1. The average Bonchev–Trinajstić information content (AvgIpc) is 3.04. The summed E-state index contributed by atoms with van der Waals surface area (Å²) in [5.41, 5.74) is 2.61. The molecular weight excluding hydrogens is 467 g/mol. The Kier molecular flexibility index (Phi) is 6.25. The number of fused-ring (bicyclic) bond motifs is 4. The van der Waals surface area contributed by atoms with E-state index in [-0.39, 0.29) is 29.4 Å². The summed E-state index contributed by atoms with van der Waals surface area (Å²) in [5.74, 6) is 0.580. The Bertz CT molecular complexity index is 1140. The summed E-state index contributed by atoms with van der Waals surface area (Å²) in [6.07, 6.45) is 1.82. The van der Waals surface area contributed by atoms with Crippen molar-refractivity contribution in [3.8, 4) is 16.9 Å². The first-order valence-electron chi connectivity index (χ1n) is 12.6. The third kappa shape index (κ3) is 4.40. The minimum absolute atomic E-state index is 0.0115. The molecule has 0 saturated carbocycles. The van der Waals surface area contributed by atoms with E-state index in [9.17, 15) is 9.90 Å². The van der Waals surface area contributed by atoms with Gasteiger partial charge in [-0.15, -0.1) is 0 Å². The minimum atomic E-state index is -0.910. The van der Waals surface area contributed by atoms with Gasteiger partial charge in [0.25, 0.3) is 0 Å². The molecular formula is C28H34ClFN2O3. The van der Waals surface area contributed by atoms with Crippen molar-refractivity contribution < 1.29 is 19.0 Å². The Morgan fingerprint density at radius 2 is 1.94 bits per heavy atom. The number of halogens is 2. The van der Waals surface area contributed by atoms with Crippen molar-refractivity contribution in [3.05, 3.63) is 52.3 Å². The molecule has 188 valence electrons. The predicted octanol–water partition coefficient (Wildman–Crippen LogP) is 6.63. The number of benzene rings is 2. The van der Waals surface area contributed by atoms with Gasteiger partial charge in [0, 0.05) is 12.1 Å². The van der Waals surface area contributed by atoms with Crippen LogP contribution in [-0.4, -0.2) is 52.8 Å². The Labute approximate surface area is 211 Å². The van der Waals surface area contributed by atoms with Crippen LogP contribution in [0.1, 0.15) is 57.7 Å². The van der Waals surface area contributed by atoms with E-state index in [0.29, 0.717) is 34.2 Å². The van der Waals surface area contributed by atoms with Crippen molar-refractivity contribution in [2.75, 3.05) is 19.6 Å². The van der Waals surface area contributed by atoms with Crippen molar-refractivity contribution in [2.45, 2.75) is 65.1 Å². The number of rotatable bonds is 5. The highest BCUT2D eigenvalue weighted by Gasteiger charge is 2.50. The van der Waals surface area contributed by atoms with Gasteiger partial charge >= 0.3 is 6.09 Å². The van der Waals surface area contributed by atoms with Crippen LogP contribution >= 0.6 is 11.6 Å². The molecule has 1 aliphatic carbocycles. The molecule has 0 spiro atoms. The molecule has 3 saturated heterocycles. The van der Waals surface area contributed by atoms with Gasteiger partial charge in [0.2, 0.25) is 0 Å². The van der Waals surface area contributed by atoms with Gasteiger partial charge in [-0.05, 0) is 98.5 Å². The van der Waals surface area contributed by atoms with Crippen molar-refractivity contribution in [3.63, 3.8) is 0 Å². The fourth-order valence-corrected chi connectivity index (χ4v) is 6.73. The van der Waals surface area contributed by atoms with Crippen LogP contribution in [0, 0.1) is 17.2 Å². The summed E-state index contributed by atoms with van der Waals surface area (Å²) < 4.78 is 21.3. The molecule has 2 aromatic carbocycles. The molecule has 5 nitrogen and oxygen atoms in total. The zero-order valence-electron chi connectivity index (χ0n) is 20.9. The summed E-state index contributed by atoms with van der Waals surface area (Å²) in [7, 11) is 0. The molecule has 7 heteroatoms. The standard InChI is InChI=1S/C28H34ClFN2O3/c1-16(2)35-25-6-5-18(12-22(25)29)20-11-19-14-28(3,4)26(21(19)13-23(20)30)32(27(33)34)24-15-31-9-7-17(24)8-10-31/h5-6,11-13,16-17,24,26H,7-10,14-15H2,1-4H3,(H,33,34)/t24-,26+/m1/s1. The topological polar surface area (TPSA) is 53.0 Å². The maximum absolute atomic E-state index is 15.6. The van der Waals surface area contributed by atoms with Crippen LogP contribution in [-0.2, 0) is 6.42 Å². The van der Waals surface area contributed by atoms with Crippen molar-refractivity contribution in [2.24, 2.45) is 11.3 Å². The number of nitrogens with zero attached hydrogens (tertiary/aromatic N) is 2. The lowest BCUT2D eigenvalue weighted by Gasteiger charge is -2.51. The highest BCUT2D eigenvalue weighted by molar-refractivity contribution is 6.32. The maximum atomic E-state index is 15.6. The van der Waals surface area contributed by atoms with E-state index in [1.54, 1.807) is 23.1 Å². The van der Waals surface area contributed by atoms with E-state index in [2.05, 4.69) is 18.7 Å². The van der Waals surface area contributed by atoms with Crippen LogP contribution in [0.4, 0.5) is 9.18 Å². The Hall–Kier alpha value is -2.31. The SMILES string of the molecule is CC(C)Oc1ccc(-c2cc3c(cc2F)[C@H](N(C(=O)O)[C@@H]2CN4CCC2CC4)C(C)(C)C3)cc1Cl. The highest BCUT2D eigenvalue weighted by Crippen LogP contribution is 2.52. The molecule has 3 heterocycles. The largest absolute Gasteiger partial charge is 0.489 e. The van der Waals surface area contributed by atoms with E-state index in [1.807, 2.05) is 26.0 Å². The van der Waals surface area contributed by atoms with E-state index in [4.69, 9.17) is 16.3 Å². The van der Waals surface area contributed by atoms with E-state index >= 15 is 4.39 Å². The monoisotopic (exact) mass is 500 g/mol. The molecule has 3 fully saturated rings. The van der Waals surface area contributed by atoms with Crippen LogP contribution in [0.5, 0.6) is 5.75 Å². The third-order valence-corrected chi connectivity index (χ3v) is 8.29. The van der Waals surface area contributed by atoms with Crippen molar-refractivity contribution in [1.82, 2.24) is 9.80 Å². The molecule has 0 radical (unpaired) electrons. The summed E-state index contributed by atoms with van der Waals surface area (Å²) >= 11 is 6.43. The van der Waals surface area contributed by atoms with Gasteiger partial charge in [-0.25, -0.2) is 9.18 Å². The van der Waals surface area contributed by atoms with E-state index < -0.39 is 6.09 Å². The Morgan fingerprint density at radius 1 is 1.23 bits per heavy atom. The van der Waals surface area contributed by atoms with Gasteiger partial charge in [0.1, 0.15) is 11.6 Å². The normalized spacial score (nSPS) is 26.6. The molecule has 2 atom stereocenters. The van der Waals surface area contributed by atoms with Gasteiger partial charge in [0.15, 0.2) is 0 Å². The van der Waals surface area contributed by atoms with Crippen LogP contribution in [0.25, 0.3) is 11.1 Å². The number of carbonyl (C=O) groups is 1. The summed E-state index contributed by atoms with van der Waals surface area (Å²) in [5, 5.41) is 10.8. The number of piperidine rings is 3. The lowest BCUT2D eigenvalue weighted by atomic mass is 9.79. The Morgan fingerprint density at radius 3 is 2.51 bits per heavy atom. The molecule has 4 aliphatic rings. The number of ether oxygens (including phenoxy) is 1. The fourth-order valence-electron chi connectivity index (χ4n) is 6.51. The summed E-state index contributed by atoms with van der Waals surface area (Å²) in [6, 6.07) is 8.35. The summed E-state index contributed by atoms with van der Waals surface area (Å²) in [6.45, 7) is 10.9. The number of hydrogen-bond donors (Lipinski definition) is 1. The second-order valence-electron chi connectivity index (χ2n) is 11.3. The number of hydrogen-bond acceptors (Lipinski definition) is 3. The lowest BCUT2D eigenvalue weighted by molar-refractivity contribution is -0.0267. The maximum Gasteiger partial charge on any atom is 0.408 e. The van der Waals surface area contributed by atoms with Crippen LogP contribution in [0.2, 0.25) is 5.02 Å². The Balaban J connectivity index is 1.52. The third-order valence-electron chi connectivity index (χ3n) is 7.99. The first kappa shape index (κ1) is 24.4. The highest BCUT2D eigenvalue weighted by atomic mass is 35.5. The van der Waals surface area contributed by atoms with E-state index in [0.717, 1.165) is 43.6 Å². The van der Waals surface area contributed by atoms with E-state index in [1.165, 1.54) is 0 Å². The molecule has 1 N–H and O–H groups in total. The molecule has 2 bridgehead atoms. The quantitative estimate of drug-likeness (QED) is 0.500. The first-order chi connectivity index (χ1) is 16.5. The molecule has 0 unspecified atom stereocenters. The van der Waals surface area contributed by atoms with Gasteiger partial charge in [-0.3, -0.25) is 4.90 Å². The van der Waals surface area contributed by atoms with Crippen LogP contribution in [0.15, 0.2) is 30.3 Å². The lowest BCUT2D eigenvalue weighted by Crippen LogP contribution is -2.60. The zero-order valence-corrected chi connectivity index (χ0v) is 21.6. The molecule has 3 aliphatic heterocycles. The second kappa shape index (κ2) is 8.97. The van der Waals surface area contributed by atoms with Crippen molar-refractivity contribution >= 4 is 17.7 Å². The summed E-state index contributed by atoms with van der Waals surface area (Å²) in [4.78, 5) is 16.7.